The number of hydrogen-bond donors (Lipinski definition) is 0. The number of benzene rings is 2. The lowest BCUT2D eigenvalue weighted by atomic mass is 9.74. The molecule has 0 bridgehead atoms. The normalized spacial score (nSPS) is 13.9. The molecule has 3 heteroatoms. The number of hydrogen-bond acceptors (Lipinski definition) is 3. The van der Waals surface area contributed by atoms with Crippen molar-refractivity contribution in [3.05, 3.63) is 58.1 Å². The van der Waals surface area contributed by atoms with Crippen molar-refractivity contribution in [1.29, 1.82) is 0 Å². The molecule has 0 fully saturated rings. The zero-order valence-corrected chi connectivity index (χ0v) is 15.3. The minimum atomic E-state index is -0.218. The summed E-state index contributed by atoms with van der Waals surface area (Å²) < 4.78 is 4.93. The van der Waals surface area contributed by atoms with E-state index >= 15 is 0 Å². The number of carbonyl (C=O) groups excluding carboxylic acids is 2. The number of carbonyl (C=O) groups is 2. The predicted octanol–water partition coefficient (Wildman–Crippen LogP) is 4.47. The second kappa shape index (κ2) is 7.06. The van der Waals surface area contributed by atoms with Gasteiger partial charge in [0.1, 0.15) is 0 Å². The standard InChI is InChI=1S/C23H24O3/c1-2-26-21(25)8-4-7-20(24)19-13-17-11-9-15-5-3-6-16-10-12-18(14-19)23(17)22(15)16/h3,5-6,13-14H,2,4,7-12H2,1H3. The molecule has 0 saturated heterocycles. The number of ketones is 1. The van der Waals surface area contributed by atoms with Gasteiger partial charge in [-0.15, -0.1) is 0 Å². The van der Waals surface area contributed by atoms with Crippen LogP contribution in [0.25, 0.3) is 11.1 Å². The van der Waals surface area contributed by atoms with Crippen molar-refractivity contribution >= 4 is 11.8 Å². The van der Waals surface area contributed by atoms with Crippen LogP contribution in [-0.2, 0) is 35.2 Å². The van der Waals surface area contributed by atoms with Crippen molar-refractivity contribution in [2.24, 2.45) is 0 Å². The van der Waals surface area contributed by atoms with Crippen LogP contribution >= 0.6 is 0 Å². The van der Waals surface area contributed by atoms with Gasteiger partial charge in [0.25, 0.3) is 0 Å². The average Bonchev–Trinajstić information content (AvgIpc) is 2.66. The van der Waals surface area contributed by atoms with Gasteiger partial charge in [0.05, 0.1) is 6.61 Å². The monoisotopic (exact) mass is 348 g/mol. The summed E-state index contributed by atoms with van der Waals surface area (Å²) in [5, 5.41) is 0. The van der Waals surface area contributed by atoms with Crippen molar-refractivity contribution < 1.29 is 14.3 Å². The summed E-state index contributed by atoms with van der Waals surface area (Å²) in [6, 6.07) is 10.8. The lowest BCUT2D eigenvalue weighted by Crippen LogP contribution is -2.15. The van der Waals surface area contributed by atoms with Crippen molar-refractivity contribution in [3.63, 3.8) is 0 Å². The molecule has 134 valence electrons. The lowest BCUT2D eigenvalue weighted by Gasteiger charge is -2.29. The maximum Gasteiger partial charge on any atom is 0.305 e. The molecule has 26 heavy (non-hydrogen) atoms. The van der Waals surface area contributed by atoms with Crippen molar-refractivity contribution in [3.8, 4) is 11.1 Å². The Morgan fingerprint density at radius 3 is 2.08 bits per heavy atom. The van der Waals surface area contributed by atoms with E-state index in [2.05, 4.69) is 30.3 Å². The Hall–Kier alpha value is -2.42. The smallest absolute Gasteiger partial charge is 0.305 e. The van der Waals surface area contributed by atoms with Crippen LogP contribution in [-0.4, -0.2) is 18.4 Å². The van der Waals surface area contributed by atoms with Crippen LogP contribution in [0.5, 0.6) is 0 Å². The van der Waals surface area contributed by atoms with Gasteiger partial charge in [0.15, 0.2) is 5.78 Å². The van der Waals surface area contributed by atoms with Gasteiger partial charge >= 0.3 is 5.97 Å². The quantitative estimate of drug-likeness (QED) is 0.571. The fraction of sp³-hybridized carbons (Fsp3) is 0.391. The van der Waals surface area contributed by atoms with Crippen LogP contribution in [0.2, 0.25) is 0 Å². The van der Waals surface area contributed by atoms with E-state index in [-0.39, 0.29) is 11.8 Å². The molecule has 0 aromatic heterocycles. The molecule has 0 aliphatic heterocycles. The predicted molar refractivity (Wildman–Crippen MR) is 102 cm³/mol. The highest BCUT2D eigenvalue weighted by molar-refractivity contribution is 5.98. The first kappa shape index (κ1) is 17.0. The molecule has 0 amide bonds. The first-order valence-corrected chi connectivity index (χ1v) is 9.63. The molecule has 0 heterocycles. The number of ether oxygens (including phenoxy) is 1. The third-order valence-corrected chi connectivity index (χ3v) is 5.53. The molecule has 0 N–H and O–H groups in total. The number of aryl methyl sites for hydroxylation is 4. The van der Waals surface area contributed by atoms with E-state index < -0.39 is 0 Å². The van der Waals surface area contributed by atoms with Crippen LogP contribution in [0.3, 0.4) is 0 Å². The van der Waals surface area contributed by atoms with E-state index in [1.54, 1.807) is 6.92 Å². The Kier molecular flexibility index (Phi) is 4.62. The Labute approximate surface area is 154 Å². The third-order valence-electron chi connectivity index (χ3n) is 5.53. The zero-order chi connectivity index (χ0) is 18.1. The summed E-state index contributed by atoms with van der Waals surface area (Å²) in [5.41, 5.74) is 9.15. The first-order valence-electron chi connectivity index (χ1n) is 9.63. The van der Waals surface area contributed by atoms with Crippen molar-refractivity contribution in [2.45, 2.75) is 51.9 Å². The molecule has 2 aromatic rings. The Morgan fingerprint density at radius 1 is 0.885 bits per heavy atom. The van der Waals surface area contributed by atoms with E-state index in [0.717, 1.165) is 31.2 Å². The molecule has 2 aliphatic rings. The molecule has 0 radical (unpaired) electrons. The second-order valence-corrected chi connectivity index (χ2v) is 7.20. The molecular weight excluding hydrogens is 324 g/mol. The van der Waals surface area contributed by atoms with Gasteiger partial charge in [-0.25, -0.2) is 0 Å². The highest BCUT2D eigenvalue weighted by Crippen LogP contribution is 2.42. The minimum absolute atomic E-state index is 0.137. The van der Waals surface area contributed by atoms with E-state index in [4.69, 9.17) is 4.74 Å². The summed E-state index contributed by atoms with van der Waals surface area (Å²) in [4.78, 5) is 24.1. The number of Topliss-reactive ketones (excluding diaryl/α,β-unsaturated/α-hetero) is 1. The molecule has 3 nitrogen and oxygen atoms in total. The molecule has 0 atom stereocenters. The van der Waals surface area contributed by atoms with E-state index in [1.165, 1.54) is 33.4 Å². The highest BCUT2D eigenvalue weighted by atomic mass is 16.5. The Bertz CT molecular complexity index is 832. The highest BCUT2D eigenvalue weighted by Gasteiger charge is 2.26. The van der Waals surface area contributed by atoms with Crippen LogP contribution < -0.4 is 0 Å². The van der Waals surface area contributed by atoms with Crippen molar-refractivity contribution in [1.82, 2.24) is 0 Å². The van der Waals surface area contributed by atoms with Crippen LogP contribution in [0.15, 0.2) is 30.3 Å². The molecule has 4 rings (SSSR count). The lowest BCUT2D eigenvalue weighted by molar-refractivity contribution is -0.143. The van der Waals surface area contributed by atoms with Gasteiger partial charge < -0.3 is 4.74 Å². The van der Waals surface area contributed by atoms with Gasteiger partial charge in [-0.1, -0.05) is 18.2 Å². The Balaban J connectivity index is 1.57. The summed E-state index contributed by atoms with van der Waals surface area (Å²) >= 11 is 0. The van der Waals surface area contributed by atoms with E-state index in [1.807, 2.05) is 0 Å². The zero-order valence-electron chi connectivity index (χ0n) is 15.3. The maximum absolute atomic E-state index is 12.6. The first-order chi connectivity index (χ1) is 12.7. The number of rotatable bonds is 6. The van der Waals surface area contributed by atoms with Crippen LogP contribution in [0, 0.1) is 0 Å². The molecule has 0 saturated carbocycles. The topological polar surface area (TPSA) is 43.4 Å². The third kappa shape index (κ3) is 3.07. The van der Waals surface area contributed by atoms with Gasteiger partial charge in [-0.05, 0) is 84.5 Å². The molecule has 0 spiro atoms. The van der Waals surface area contributed by atoms with Gasteiger partial charge in [-0.3, -0.25) is 9.59 Å². The van der Waals surface area contributed by atoms with Crippen LogP contribution in [0.4, 0.5) is 0 Å². The second-order valence-electron chi connectivity index (χ2n) is 7.20. The summed E-state index contributed by atoms with van der Waals surface area (Å²) in [7, 11) is 0. The van der Waals surface area contributed by atoms with Crippen LogP contribution in [0.1, 0.15) is 58.8 Å². The SMILES string of the molecule is CCOC(=O)CCCC(=O)c1cc2c3c(c1)CCc1cccc(c1-3)CC2. The minimum Gasteiger partial charge on any atom is -0.466 e. The average molecular weight is 348 g/mol. The largest absolute Gasteiger partial charge is 0.466 e. The van der Waals surface area contributed by atoms with E-state index in [0.29, 0.717) is 25.9 Å². The summed E-state index contributed by atoms with van der Waals surface area (Å²) in [6.07, 6.45) is 5.38. The number of esters is 1. The molecular formula is C23H24O3. The summed E-state index contributed by atoms with van der Waals surface area (Å²) in [6.45, 7) is 2.19. The molecule has 0 unspecified atom stereocenters. The fourth-order valence-corrected chi connectivity index (χ4v) is 4.34. The van der Waals surface area contributed by atoms with Crippen molar-refractivity contribution in [2.75, 3.05) is 6.61 Å². The van der Waals surface area contributed by atoms with Gasteiger partial charge in [0, 0.05) is 18.4 Å². The summed E-state index contributed by atoms with van der Waals surface area (Å²) in [5.74, 6) is -0.0806. The Morgan fingerprint density at radius 2 is 1.46 bits per heavy atom. The molecule has 2 aliphatic carbocycles. The van der Waals surface area contributed by atoms with Gasteiger partial charge in [-0.2, -0.15) is 0 Å². The fourth-order valence-electron chi connectivity index (χ4n) is 4.34. The maximum atomic E-state index is 12.6. The molecule has 2 aromatic carbocycles. The van der Waals surface area contributed by atoms with E-state index in [9.17, 15) is 9.59 Å². The van der Waals surface area contributed by atoms with Gasteiger partial charge in [0.2, 0.25) is 0 Å².